The van der Waals surface area contributed by atoms with Crippen molar-refractivity contribution < 1.29 is 14.3 Å². The molecule has 0 saturated heterocycles. The largest absolute Gasteiger partial charge is 0.454 e. The Balaban J connectivity index is 1.43. The van der Waals surface area contributed by atoms with E-state index in [0.717, 1.165) is 17.0 Å². The summed E-state index contributed by atoms with van der Waals surface area (Å²) in [5.74, 6) is 1.22. The number of amides is 1. The van der Waals surface area contributed by atoms with Crippen LogP contribution < -0.4 is 20.1 Å². The summed E-state index contributed by atoms with van der Waals surface area (Å²) in [6.07, 6.45) is 6.58. The van der Waals surface area contributed by atoms with Gasteiger partial charge in [0.2, 0.25) is 6.79 Å². The molecule has 1 aromatic carbocycles. The molecule has 130 valence electrons. The summed E-state index contributed by atoms with van der Waals surface area (Å²) in [5.41, 5.74) is 2.99. The molecular formula is C19H16N4O3. The first-order valence-electron chi connectivity index (χ1n) is 8.07. The van der Waals surface area contributed by atoms with Crippen LogP contribution in [-0.4, -0.2) is 22.7 Å². The highest BCUT2D eigenvalue weighted by molar-refractivity contribution is 5.94. The first-order valence-corrected chi connectivity index (χ1v) is 8.07. The van der Waals surface area contributed by atoms with Gasteiger partial charge >= 0.3 is 0 Å². The molecule has 1 aliphatic heterocycles. The maximum absolute atomic E-state index is 12.3. The summed E-state index contributed by atoms with van der Waals surface area (Å²) in [4.78, 5) is 20.4. The molecule has 3 heterocycles. The molecule has 0 atom stereocenters. The highest BCUT2D eigenvalue weighted by Crippen LogP contribution is 2.35. The van der Waals surface area contributed by atoms with Gasteiger partial charge < -0.3 is 20.1 Å². The van der Waals surface area contributed by atoms with Crippen molar-refractivity contribution in [1.29, 1.82) is 0 Å². The van der Waals surface area contributed by atoms with Crippen molar-refractivity contribution >= 4 is 17.3 Å². The van der Waals surface area contributed by atoms with Gasteiger partial charge in [-0.1, -0.05) is 0 Å². The number of fused-ring (bicyclic) bond motifs is 1. The minimum absolute atomic E-state index is 0.191. The molecule has 0 radical (unpaired) electrons. The van der Waals surface area contributed by atoms with Crippen molar-refractivity contribution in [2.45, 2.75) is 6.54 Å². The molecule has 0 bridgehead atoms. The first kappa shape index (κ1) is 15.9. The van der Waals surface area contributed by atoms with E-state index in [-0.39, 0.29) is 12.7 Å². The SMILES string of the molecule is O=C(NCc1ccncc1)c1cncc(Nc2ccc3c(c2)OCO3)c1. The summed E-state index contributed by atoms with van der Waals surface area (Å²) in [6.45, 7) is 0.661. The summed E-state index contributed by atoms with van der Waals surface area (Å²) in [6, 6.07) is 11.0. The predicted molar refractivity (Wildman–Crippen MR) is 95.5 cm³/mol. The fraction of sp³-hybridized carbons (Fsp3) is 0.105. The van der Waals surface area contributed by atoms with E-state index in [0.29, 0.717) is 23.5 Å². The Kier molecular flexibility index (Phi) is 4.34. The van der Waals surface area contributed by atoms with Gasteiger partial charge in [-0.2, -0.15) is 0 Å². The zero-order chi connectivity index (χ0) is 17.8. The van der Waals surface area contributed by atoms with E-state index in [1.54, 1.807) is 24.7 Å². The predicted octanol–water partition coefficient (Wildman–Crippen LogP) is 2.88. The minimum Gasteiger partial charge on any atom is -0.454 e. The van der Waals surface area contributed by atoms with Crippen molar-refractivity contribution in [3.05, 3.63) is 72.3 Å². The van der Waals surface area contributed by atoms with E-state index in [1.165, 1.54) is 6.20 Å². The summed E-state index contributed by atoms with van der Waals surface area (Å²) in [5, 5.41) is 6.09. The zero-order valence-electron chi connectivity index (χ0n) is 13.8. The number of ether oxygens (including phenoxy) is 2. The number of nitrogens with zero attached hydrogens (tertiary/aromatic N) is 2. The number of carbonyl (C=O) groups excluding carboxylic acids is 1. The first-order chi connectivity index (χ1) is 12.8. The molecule has 1 amide bonds. The second kappa shape index (κ2) is 7.10. The topological polar surface area (TPSA) is 85.4 Å². The van der Waals surface area contributed by atoms with E-state index >= 15 is 0 Å². The normalized spacial score (nSPS) is 11.8. The van der Waals surface area contributed by atoms with Crippen molar-refractivity contribution in [1.82, 2.24) is 15.3 Å². The third kappa shape index (κ3) is 3.56. The molecule has 0 unspecified atom stereocenters. The summed E-state index contributed by atoms with van der Waals surface area (Å²) < 4.78 is 10.7. The fourth-order valence-corrected chi connectivity index (χ4v) is 2.56. The van der Waals surface area contributed by atoms with Gasteiger partial charge in [-0.15, -0.1) is 0 Å². The zero-order valence-corrected chi connectivity index (χ0v) is 13.8. The molecule has 3 aromatic rings. The molecule has 0 spiro atoms. The van der Waals surface area contributed by atoms with Crippen LogP contribution in [0, 0.1) is 0 Å². The Bertz CT molecular complexity index is 931. The standard InChI is InChI=1S/C19H16N4O3/c24-19(22-9-13-3-5-20-6-4-13)14-7-16(11-21-10-14)23-15-1-2-17-18(8-15)26-12-25-17/h1-8,10-11,23H,9,12H2,(H,22,24). The second-order valence-corrected chi connectivity index (χ2v) is 5.69. The van der Waals surface area contributed by atoms with Crippen LogP contribution in [0.25, 0.3) is 0 Å². The Labute approximate surface area is 150 Å². The number of carbonyl (C=O) groups is 1. The summed E-state index contributed by atoms with van der Waals surface area (Å²) >= 11 is 0. The van der Waals surface area contributed by atoms with Crippen LogP contribution in [0.3, 0.4) is 0 Å². The monoisotopic (exact) mass is 348 g/mol. The lowest BCUT2D eigenvalue weighted by Gasteiger charge is -2.09. The number of aromatic nitrogens is 2. The van der Waals surface area contributed by atoms with E-state index in [2.05, 4.69) is 20.6 Å². The summed E-state index contributed by atoms with van der Waals surface area (Å²) in [7, 11) is 0. The van der Waals surface area contributed by atoms with Gasteiger partial charge in [0.05, 0.1) is 17.4 Å². The van der Waals surface area contributed by atoms with Crippen LogP contribution in [0.15, 0.2) is 61.2 Å². The molecule has 2 aromatic heterocycles. The van der Waals surface area contributed by atoms with Gasteiger partial charge in [-0.3, -0.25) is 14.8 Å². The Morgan fingerprint density at radius 2 is 1.81 bits per heavy atom. The maximum Gasteiger partial charge on any atom is 0.253 e. The van der Waals surface area contributed by atoms with Crippen molar-refractivity contribution in [2.75, 3.05) is 12.1 Å². The average molecular weight is 348 g/mol. The third-order valence-electron chi connectivity index (χ3n) is 3.86. The molecule has 0 saturated carbocycles. The quantitative estimate of drug-likeness (QED) is 0.737. The number of benzene rings is 1. The molecule has 7 nitrogen and oxygen atoms in total. The van der Waals surface area contributed by atoms with Gasteiger partial charge in [-0.05, 0) is 35.9 Å². The number of nitrogens with one attached hydrogen (secondary N) is 2. The lowest BCUT2D eigenvalue weighted by Crippen LogP contribution is -2.23. The van der Waals surface area contributed by atoms with E-state index < -0.39 is 0 Å². The molecule has 7 heteroatoms. The lowest BCUT2D eigenvalue weighted by atomic mass is 10.2. The minimum atomic E-state index is -0.191. The van der Waals surface area contributed by atoms with Crippen LogP contribution in [0.2, 0.25) is 0 Å². The van der Waals surface area contributed by atoms with Gasteiger partial charge in [-0.25, -0.2) is 0 Å². The van der Waals surface area contributed by atoms with Gasteiger partial charge in [0.15, 0.2) is 11.5 Å². The van der Waals surface area contributed by atoms with Gasteiger partial charge in [0.1, 0.15) is 0 Å². The number of hydrogen-bond acceptors (Lipinski definition) is 6. The number of pyridine rings is 2. The van der Waals surface area contributed by atoms with Crippen LogP contribution in [0.5, 0.6) is 11.5 Å². The molecule has 1 aliphatic rings. The van der Waals surface area contributed by atoms with Gasteiger partial charge in [0.25, 0.3) is 5.91 Å². The van der Waals surface area contributed by atoms with Gasteiger partial charge in [0, 0.05) is 36.9 Å². The Morgan fingerprint density at radius 3 is 2.69 bits per heavy atom. The second-order valence-electron chi connectivity index (χ2n) is 5.69. The molecule has 26 heavy (non-hydrogen) atoms. The van der Waals surface area contributed by atoms with Crippen molar-refractivity contribution in [3.63, 3.8) is 0 Å². The van der Waals surface area contributed by atoms with Crippen LogP contribution in [0.1, 0.15) is 15.9 Å². The highest BCUT2D eigenvalue weighted by Gasteiger charge is 2.13. The lowest BCUT2D eigenvalue weighted by molar-refractivity contribution is 0.0950. The molecular weight excluding hydrogens is 332 g/mol. The molecule has 0 fully saturated rings. The molecule has 2 N–H and O–H groups in total. The van der Waals surface area contributed by atoms with E-state index in [9.17, 15) is 4.79 Å². The Hall–Kier alpha value is -3.61. The molecule has 0 aliphatic carbocycles. The van der Waals surface area contributed by atoms with E-state index in [1.807, 2.05) is 30.3 Å². The van der Waals surface area contributed by atoms with Crippen molar-refractivity contribution in [3.8, 4) is 11.5 Å². The highest BCUT2D eigenvalue weighted by atomic mass is 16.7. The Morgan fingerprint density at radius 1 is 0.962 bits per heavy atom. The van der Waals surface area contributed by atoms with E-state index in [4.69, 9.17) is 9.47 Å². The molecule has 4 rings (SSSR count). The van der Waals surface area contributed by atoms with Crippen molar-refractivity contribution in [2.24, 2.45) is 0 Å². The number of hydrogen-bond donors (Lipinski definition) is 2. The van der Waals surface area contributed by atoms with Crippen LogP contribution in [-0.2, 0) is 6.54 Å². The third-order valence-corrected chi connectivity index (χ3v) is 3.86. The van der Waals surface area contributed by atoms with Crippen LogP contribution >= 0.6 is 0 Å². The smallest absolute Gasteiger partial charge is 0.253 e. The number of anilines is 2. The maximum atomic E-state index is 12.3. The number of rotatable bonds is 5. The average Bonchev–Trinajstić information content (AvgIpc) is 3.15. The van der Waals surface area contributed by atoms with Crippen LogP contribution in [0.4, 0.5) is 11.4 Å². The fourth-order valence-electron chi connectivity index (χ4n) is 2.56.